The van der Waals surface area contributed by atoms with Crippen molar-refractivity contribution in [2.24, 2.45) is 10.8 Å². The second-order valence-corrected chi connectivity index (χ2v) is 5.22. The number of ether oxygens (including phenoxy) is 1. The summed E-state index contributed by atoms with van der Waals surface area (Å²) < 4.78 is 30.3. The molecule has 0 atom stereocenters. The Hall–Kier alpha value is -1.78. The maximum Gasteiger partial charge on any atom is 0.387 e. The van der Waals surface area contributed by atoms with Gasteiger partial charge >= 0.3 is 6.61 Å². The van der Waals surface area contributed by atoms with Gasteiger partial charge in [-0.2, -0.15) is 14.3 Å². The number of hydrogen-bond donors (Lipinski definition) is 3. The minimum absolute atomic E-state index is 0.0141. The fraction of sp³-hybridized carbons (Fsp3) is 0.0714. The van der Waals surface area contributed by atoms with Crippen LogP contribution >= 0.6 is 22.6 Å². The molecule has 116 valence electrons. The standard InChI is InChI=1S/C14H13F2IN4O/c15-14(16)22-12-8-4-3-7-11(12)19-13(20-21-18)9-5-1-2-6-10(9)17/h1-8,14,21H,18H2,(H,19,20). The number of rotatable bonds is 5. The van der Waals surface area contributed by atoms with Crippen LogP contribution in [0.15, 0.2) is 53.5 Å². The van der Waals surface area contributed by atoms with Crippen molar-refractivity contribution in [2.45, 2.75) is 6.61 Å². The molecule has 2 aromatic rings. The molecule has 0 saturated heterocycles. The summed E-state index contributed by atoms with van der Waals surface area (Å²) in [6, 6.07) is 13.7. The molecule has 0 aliphatic heterocycles. The van der Waals surface area contributed by atoms with E-state index in [1.54, 1.807) is 18.2 Å². The molecule has 0 fully saturated rings. The predicted octanol–water partition coefficient (Wildman–Crippen LogP) is 2.94. The Labute approximate surface area is 139 Å². The Morgan fingerprint density at radius 1 is 1.14 bits per heavy atom. The van der Waals surface area contributed by atoms with Gasteiger partial charge in [-0.1, -0.05) is 30.3 Å². The van der Waals surface area contributed by atoms with Gasteiger partial charge in [-0.15, -0.1) is 0 Å². The number of nitrogens with one attached hydrogen (secondary N) is 2. The van der Waals surface area contributed by atoms with Crippen molar-refractivity contribution in [1.29, 1.82) is 0 Å². The van der Waals surface area contributed by atoms with E-state index in [4.69, 9.17) is 5.84 Å². The van der Waals surface area contributed by atoms with Gasteiger partial charge in [0, 0.05) is 9.13 Å². The molecule has 22 heavy (non-hydrogen) atoms. The lowest BCUT2D eigenvalue weighted by atomic mass is 10.2. The Balaban J connectivity index is 2.45. The van der Waals surface area contributed by atoms with Gasteiger partial charge in [-0.05, 0) is 40.8 Å². The Morgan fingerprint density at radius 2 is 1.82 bits per heavy atom. The molecule has 0 amide bonds. The van der Waals surface area contributed by atoms with Crippen LogP contribution in [-0.4, -0.2) is 12.4 Å². The highest BCUT2D eigenvalue weighted by Crippen LogP contribution is 2.29. The summed E-state index contributed by atoms with van der Waals surface area (Å²) in [5.41, 5.74) is 6.03. The first-order valence-electron chi connectivity index (χ1n) is 6.21. The number of nitrogens with two attached hydrogens (primary N) is 1. The number of halogens is 3. The summed E-state index contributed by atoms with van der Waals surface area (Å²) in [4.78, 5) is 4.33. The molecule has 2 aromatic carbocycles. The quantitative estimate of drug-likeness (QED) is 0.230. The number of nitrogens with zero attached hydrogens (tertiary/aromatic N) is 1. The van der Waals surface area contributed by atoms with Crippen molar-refractivity contribution < 1.29 is 13.5 Å². The highest BCUT2D eigenvalue weighted by atomic mass is 127. The Bertz CT molecular complexity index is 667. The van der Waals surface area contributed by atoms with E-state index < -0.39 is 6.61 Å². The monoisotopic (exact) mass is 418 g/mol. The molecule has 0 aromatic heterocycles. The average Bonchev–Trinajstić information content (AvgIpc) is 2.49. The van der Waals surface area contributed by atoms with Crippen LogP contribution in [0.25, 0.3) is 0 Å². The number of para-hydroxylation sites is 2. The van der Waals surface area contributed by atoms with E-state index in [1.807, 2.05) is 24.3 Å². The zero-order chi connectivity index (χ0) is 15.9. The van der Waals surface area contributed by atoms with Crippen LogP contribution < -0.4 is 21.5 Å². The summed E-state index contributed by atoms with van der Waals surface area (Å²) in [5, 5.41) is 0. The van der Waals surface area contributed by atoms with E-state index in [0.717, 1.165) is 9.13 Å². The molecular formula is C14H13F2IN4O. The summed E-state index contributed by atoms with van der Waals surface area (Å²) in [7, 11) is 0. The zero-order valence-corrected chi connectivity index (χ0v) is 13.4. The van der Waals surface area contributed by atoms with E-state index in [0.29, 0.717) is 5.84 Å². The first kappa shape index (κ1) is 16.6. The van der Waals surface area contributed by atoms with Crippen LogP contribution in [0.5, 0.6) is 5.75 Å². The average molecular weight is 418 g/mol. The maximum absolute atomic E-state index is 12.5. The second-order valence-electron chi connectivity index (χ2n) is 4.06. The lowest BCUT2D eigenvalue weighted by Gasteiger charge is -2.12. The van der Waals surface area contributed by atoms with Gasteiger partial charge in [-0.3, -0.25) is 11.3 Å². The molecule has 0 spiro atoms. The van der Waals surface area contributed by atoms with E-state index in [-0.39, 0.29) is 11.4 Å². The first-order chi connectivity index (χ1) is 10.6. The van der Waals surface area contributed by atoms with Gasteiger partial charge in [0.15, 0.2) is 5.75 Å². The van der Waals surface area contributed by atoms with Crippen LogP contribution in [0.4, 0.5) is 14.5 Å². The van der Waals surface area contributed by atoms with Crippen molar-refractivity contribution in [3.05, 3.63) is 57.7 Å². The van der Waals surface area contributed by atoms with Crippen molar-refractivity contribution >= 4 is 34.1 Å². The van der Waals surface area contributed by atoms with Crippen LogP contribution in [0.1, 0.15) is 5.56 Å². The van der Waals surface area contributed by atoms with Crippen LogP contribution in [0, 0.1) is 3.57 Å². The van der Waals surface area contributed by atoms with Crippen molar-refractivity contribution in [2.75, 3.05) is 0 Å². The molecule has 0 aliphatic carbocycles. The second kappa shape index (κ2) is 8.01. The fourth-order valence-electron chi connectivity index (χ4n) is 1.74. The molecule has 0 radical (unpaired) electrons. The third-order valence-corrected chi connectivity index (χ3v) is 3.57. The van der Waals surface area contributed by atoms with Crippen LogP contribution in [0.2, 0.25) is 0 Å². The van der Waals surface area contributed by atoms with E-state index in [9.17, 15) is 8.78 Å². The van der Waals surface area contributed by atoms with Crippen molar-refractivity contribution in [1.82, 2.24) is 11.0 Å². The Morgan fingerprint density at radius 3 is 2.50 bits per heavy atom. The Kier molecular flexibility index (Phi) is 6.04. The van der Waals surface area contributed by atoms with E-state index in [2.05, 4.69) is 43.3 Å². The van der Waals surface area contributed by atoms with Gasteiger partial charge in [0.25, 0.3) is 0 Å². The number of hydrogen-bond acceptors (Lipinski definition) is 4. The number of hydrazine groups is 2. The van der Waals surface area contributed by atoms with E-state index in [1.165, 1.54) is 6.07 Å². The largest absolute Gasteiger partial charge is 0.433 e. The van der Waals surface area contributed by atoms with Gasteiger partial charge in [0.1, 0.15) is 11.5 Å². The molecule has 4 N–H and O–H groups in total. The zero-order valence-electron chi connectivity index (χ0n) is 11.3. The normalized spacial score (nSPS) is 11.6. The SMILES string of the molecule is NNNC(=Nc1ccccc1OC(F)F)c1ccccc1I. The minimum Gasteiger partial charge on any atom is -0.433 e. The molecule has 2 rings (SSSR count). The lowest BCUT2D eigenvalue weighted by molar-refractivity contribution is -0.0494. The van der Waals surface area contributed by atoms with E-state index >= 15 is 0 Å². The topological polar surface area (TPSA) is 71.7 Å². The smallest absolute Gasteiger partial charge is 0.387 e. The number of amidine groups is 1. The molecule has 0 bridgehead atoms. The summed E-state index contributed by atoms with van der Waals surface area (Å²) in [6.45, 7) is -2.92. The van der Waals surface area contributed by atoms with Crippen LogP contribution in [-0.2, 0) is 0 Å². The molecule has 0 aliphatic rings. The highest BCUT2D eigenvalue weighted by Gasteiger charge is 2.11. The summed E-state index contributed by atoms with van der Waals surface area (Å²) in [5.74, 6) is 5.67. The van der Waals surface area contributed by atoms with Gasteiger partial charge in [0.2, 0.25) is 0 Å². The molecule has 0 saturated carbocycles. The van der Waals surface area contributed by atoms with Gasteiger partial charge in [0.05, 0.1) is 0 Å². The molecule has 0 unspecified atom stereocenters. The minimum atomic E-state index is -2.92. The first-order valence-corrected chi connectivity index (χ1v) is 7.28. The number of alkyl halides is 2. The fourth-order valence-corrected chi connectivity index (χ4v) is 2.39. The highest BCUT2D eigenvalue weighted by molar-refractivity contribution is 14.1. The lowest BCUT2D eigenvalue weighted by Crippen LogP contribution is -2.42. The third kappa shape index (κ3) is 4.36. The maximum atomic E-state index is 12.5. The number of benzene rings is 2. The third-order valence-electron chi connectivity index (χ3n) is 2.63. The van der Waals surface area contributed by atoms with Crippen molar-refractivity contribution in [3.63, 3.8) is 0 Å². The molecule has 0 heterocycles. The van der Waals surface area contributed by atoms with Gasteiger partial charge < -0.3 is 4.74 Å². The van der Waals surface area contributed by atoms with Crippen molar-refractivity contribution in [3.8, 4) is 5.75 Å². The molecule has 8 heteroatoms. The summed E-state index contributed by atoms with van der Waals surface area (Å²) >= 11 is 2.15. The number of aliphatic imine (C=N–C) groups is 1. The predicted molar refractivity (Wildman–Crippen MR) is 88.9 cm³/mol. The molecule has 5 nitrogen and oxygen atoms in total. The van der Waals surface area contributed by atoms with Gasteiger partial charge in [-0.25, -0.2) is 4.99 Å². The summed E-state index contributed by atoms with van der Waals surface area (Å²) in [6.07, 6.45) is 0. The molecular weight excluding hydrogens is 405 g/mol. The van der Waals surface area contributed by atoms with Crippen LogP contribution in [0.3, 0.4) is 0 Å².